The fraction of sp³-hybridized carbons (Fsp3) is 0.400. The summed E-state index contributed by atoms with van der Waals surface area (Å²) in [6, 6.07) is 5.19. The summed E-state index contributed by atoms with van der Waals surface area (Å²) in [6.45, 7) is 0. The Hall–Kier alpha value is -2.37. The molecule has 0 atom stereocenters. The molecule has 6 nitrogen and oxygen atoms in total. The standard InChI is InChI=1S/C15H18N2O4/c1-21-15(18)9-7-11-6-8-13(14(10-11)17(19)20)16-12-4-2-3-5-12/h6-10,12,16H,2-5H2,1H3/b9-7+. The van der Waals surface area contributed by atoms with Gasteiger partial charge in [-0.1, -0.05) is 18.9 Å². The molecule has 1 aliphatic rings. The molecule has 0 unspecified atom stereocenters. The third kappa shape index (κ3) is 4.05. The zero-order valence-electron chi connectivity index (χ0n) is 11.9. The number of rotatable bonds is 5. The second-order valence-corrected chi connectivity index (χ2v) is 5.02. The minimum Gasteiger partial charge on any atom is -0.466 e. The van der Waals surface area contributed by atoms with Crippen molar-refractivity contribution >= 4 is 23.4 Å². The third-order valence-electron chi connectivity index (χ3n) is 3.55. The van der Waals surface area contributed by atoms with Crippen molar-refractivity contribution in [2.24, 2.45) is 0 Å². The number of nitro benzene ring substituents is 1. The largest absolute Gasteiger partial charge is 0.466 e. The molecule has 6 heteroatoms. The predicted octanol–water partition coefficient (Wildman–Crippen LogP) is 3.14. The number of methoxy groups -OCH3 is 1. The van der Waals surface area contributed by atoms with Gasteiger partial charge in [0.15, 0.2) is 0 Å². The van der Waals surface area contributed by atoms with E-state index in [1.54, 1.807) is 12.1 Å². The molecule has 0 aliphatic heterocycles. The maximum atomic E-state index is 11.2. The topological polar surface area (TPSA) is 81.5 Å². The van der Waals surface area contributed by atoms with Gasteiger partial charge in [-0.2, -0.15) is 0 Å². The summed E-state index contributed by atoms with van der Waals surface area (Å²) >= 11 is 0. The van der Waals surface area contributed by atoms with Gasteiger partial charge in [0.2, 0.25) is 0 Å². The number of nitro groups is 1. The summed E-state index contributed by atoms with van der Waals surface area (Å²) in [4.78, 5) is 21.8. The van der Waals surface area contributed by atoms with Gasteiger partial charge < -0.3 is 10.1 Å². The first-order chi connectivity index (χ1) is 10.1. The number of ether oxygens (including phenoxy) is 1. The average molecular weight is 290 g/mol. The molecule has 0 bridgehead atoms. The Kier molecular flexibility index (Phi) is 4.92. The average Bonchev–Trinajstić information content (AvgIpc) is 2.98. The van der Waals surface area contributed by atoms with Crippen LogP contribution in [0.15, 0.2) is 24.3 Å². The molecule has 1 aromatic carbocycles. The van der Waals surface area contributed by atoms with Crippen LogP contribution in [0.1, 0.15) is 31.2 Å². The first-order valence-electron chi connectivity index (χ1n) is 6.91. The van der Waals surface area contributed by atoms with Gasteiger partial charge in [-0.15, -0.1) is 0 Å². The number of hydrogen-bond acceptors (Lipinski definition) is 5. The highest BCUT2D eigenvalue weighted by molar-refractivity contribution is 5.87. The number of anilines is 1. The Labute approximate surface area is 122 Å². The van der Waals surface area contributed by atoms with E-state index in [2.05, 4.69) is 10.1 Å². The van der Waals surface area contributed by atoms with Gasteiger partial charge in [0.1, 0.15) is 5.69 Å². The van der Waals surface area contributed by atoms with E-state index in [0.717, 1.165) is 25.7 Å². The molecule has 2 rings (SSSR count). The van der Waals surface area contributed by atoms with E-state index in [0.29, 0.717) is 17.3 Å². The fourth-order valence-electron chi connectivity index (χ4n) is 2.45. The fourth-order valence-corrected chi connectivity index (χ4v) is 2.45. The van der Waals surface area contributed by atoms with E-state index in [4.69, 9.17) is 0 Å². The zero-order valence-corrected chi connectivity index (χ0v) is 11.9. The van der Waals surface area contributed by atoms with Crippen LogP contribution in [0.2, 0.25) is 0 Å². The molecule has 0 heterocycles. The van der Waals surface area contributed by atoms with E-state index in [1.165, 1.54) is 25.3 Å². The molecule has 0 aromatic heterocycles. The first-order valence-corrected chi connectivity index (χ1v) is 6.91. The Morgan fingerprint density at radius 1 is 1.43 bits per heavy atom. The van der Waals surface area contributed by atoms with Crippen molar-refractivity contribution in [1.29, 1.82) is 0 Å². The normalized spacial score (nSPS) is 15.3. The highest BCUT2D eigenvalue weighted by atomic mass is 16.6. The number of benzene rings is 1. The summed E-state index contributed by atoms with van der Waals surface area (Å²) < 4.78 is 4.49. The highest BCUT2D eigenvalue weighted by Crippen LogP contribution is 2.30. The maximum absolute atomic E-state index is 11.2. The van der Waals surface area contributed by atoms with Crippen LogP contribution in [-0.2, 0) is 9.53 Å². The number of carbonyl (C=O) groups is 1. The van der Waals surface area contributed by atoms with Gasteiger partial charge in [-0.25, -0.2) is 4.79 Å². The molecular formula is C15H18N2O4. The molecule has 1 saturated carbocycles. The van der Waals surface area contributed by atoms with Crippen molar-refractivity contribution < 1.29 is 14.5 Å². The second kappa shape index (κ2) is 6.88. The molecule has 21 heavy (non-hydrogen) atoms. The Balaban J connectivity index is 2.20. The quantitative estimate of drug-likeness (QED) is 0.390. The first kappa shape index (κ1) is 15.0. The number of carbonyl (C=O) groups excluding carboxylic acids is 1. The number of nitrogens with one attached hydrogen (secondary N) is 1. The highest BCUT2D eigenvalue weighted by Gasteiger charge is 2.20. The van der Waals surface area contributed by atoms with Crippen molar-refractivity contribution in [1.82, 2.24) is 0 Å². The molecule has 0 spiro atoms. The lowest BCUT2D eigenvalue weighted by Gasteiger charge is -2.13. The van der Waals surface area contributed by atoms with E-state index in [9.17, 15) is 14.9 Å². The molecule has 112 valence electrons. The van der Waals surface area contributed by atoms with Crippen molar-refractivity contribution in [3.63, 3.8) is 0 Å². The van der Waals surface area contributed by atoms with Gasteiger partial charge in [0.25, 0.3) is 5.69 Å². The van der Waals surface area contributed by atoms with E-state index < -0.39 is 10.9 Å². The van der Waals surface area contributed by atoms with Crippen molar-refractivity contribution in [3.05, 3.63) is 40.0 Å². The van der Waals surface area contributed by atoms with Crippen LogP contribution in [0.25, 0.3) is 6.08 Å². The van der Waals surface area contributed by atoms with Gasteiger partial charge >= 0.3 is 5.97 Å². The van der Waals surface area contributed by atoms with E-state index in [1.807, 2.05) is 0 Å². The van der Waals surface area contributed by atoms with E-state index >= 15 is 0 Å². The lowest BCUT2D eigenvalue weighted by Crippen LogP contribution is -2.15. The van der Waals surface area contributed by atoms with Gasteiger partial charge in [-0.3, -0.25) is 10.1 Å². The summed E-state index contributed by atoms with van der Waals surface area (Å²) in [7, 11) is 1.28. The van der Waals surface area contributed by atoms with Crippen LogP contribution in [0, 0.1) is 10.1 Å². The zero-order chi connectivity index (χ0) is 15.2. The lowest BCUT2D eigenvalue weighted by molar-refractivity contribution is -0.384. The van der Waals surface area contributed by atoms with Gasteiger partial charge in [-0.05, 0) is 30.5 Å². The van der Waals surface area contributed by atoms with E-state index in [-0.39, 0.29) is 5.69 Å². The lowest BCUT2D eigenvalue weighted by atomic mass is 10.1. The van der Waals surface area contributed by atoms with Crippen molar-refractivity contribution in [3.8, 4) is 0 Å². The molecule has 1 fully saturated rings. The van der Waals surface area contributed by atoms with Crippen LogP contribution in [0.5, 0.6) is 0 Å². The predicted molar refractivity (Wildman–Crippen MR) is 80.0 cm³/mol. The molecule has 0 radical (unpaired) electrons. The Morgan fingerprint density at radius 2 is 2.14 bits per heavy atom. The Morgan fingerprint density at radius 3 is 2.76 bits per heavy atom. The minimum absolute atomic E-state index is 0.0221. The maximum Gasteiger partial charge on any atom is 0.330 e. The summed E-state index contributed by atoms with van der Waals surface area (Å²) in [6.07, 6.45) is 7.14. The number of nitrogens with zero attached hydrogens (tertiary/aromatic N) is 1. The van der Waals surface area contributed by atoms with Crippen molar-refractivity contribution in [2.45, 2.75) is 31.7 Å². The summed E-state index contributed by atoms with van der Waals surface area (Å²) in [5, 5.41) is 14.4. The minimum atomic E-state index is -0.495. The summed E-state index contributed by atoms with van der Waals surface area (Å²) in [5.41, 5.74) is 1.14. The van der Waals surface area contributed by atoms with Crippen LogP contribution >= 0.6 is 0 Å². The molecule has 1 N–H and O–H groups in total. The summed E-state index contributed by atoms with van der Waals surface area (Å²) in [5.74, 6) is -0.495. The SMILES string of the molecule is COC(=O)/C=C/c1ccc(NC2CCCC2)c([N+](=O)[O-])c1. The smallest absolute Gasteiger partial charge is 0.330 e. The van der Waals surface area contributed by atoms with Crippen molar-refractivity contribution in [2.75, 3.05) is 12.4 Å². The van der Waals surface area contributed by atoms with Gasteiger partial charge in [0.05, 0.1) is 12.0 Å². The monoisotopic (exact) mass is 290 g/mol. The van der Waals surface area contributed by atoms with Gasteiger partial charge in [0, 0.05) is 18.2 Å². The molecule has 0 saturated heterocycles. The Bertz CT molecular complexity index is 563. The van der Waals surface area contributed by atoms with Crippen LogP contribution in [0.4, 0.5) is 11.4 Å². The number of hydrogen-bond donors (Lipinski definition) is 1. The van der Waals surface area contributed by atoms with Crippen LogP contribution in [-0.4, -0.2) is 24.0 Å². The van der Waals surface area contributed by atoms with Crippen LogP contribution < -0.4 is 5.32 Å². The molecule has 0 amide bonds. The second-order valence-electron chi connectivity index (χ2n) is 5.02. The number of esters is 1. The molecule has 1 aliphatic carbocycles. The molecular weight excluding hydrogens is 272 g/mol. The third-order valence-corrected chi connectivity index (χ3v) is 3.55. The van der Waals surface area contributed by atoms with Crippen LogP contribution in [0.3, 0.4) is 0 Å². The molecule has 1 aromatic rings.